The fourth-order valence-electron chi connectivity index (χ4n) is 4.51. The van der Waals surface area contributed by atoms with Crippen molar-refractivity contribution >= 4 is 11.8 Å². The van der Waals surface area contributed by atoms with Gasteiger partial charge >= 0.3 is 0 Å². The smallest absolute Gasteiger partial charge is 0.223 e. The largest absolute Gasteiger partial charge is 0.345 e. The van der Waals surface area contributed by atoms with Gasteiger partial charge in [-0.05, 0) is 34.6 Å². The molecule has 3 aromatic carbocycles. The number of hydrogen-bond donors (Lipinski definition) is 1. The fourth-order valence-corrected chi connectivity index (χ4v) is 4.51. The van der Waals surface area contributed by atoms with Crippen molar-refractivity contribution in [2.45, 2.75) is 57.7 Å². The Hall–Kier alpha value is -3.40. The van der Waals surface area contributed by atoms with Gasteiger partial charge in [0.25, 0.3) is 0 Å². The minimum atomic E-state index is -0.214. The van der Waals surface area contributed by atoms with Crippen LogP contribution in [-0.2, 0) is 16.1 Å². The third kappa shape index (κ3) is 5.70. The summed E-state index contributed by atoms with van der Waals surface area (Å²) < 4.78 is 0. The first-order valence-electron chi connectivity index (χ1n) is 11.8. The van der Waals surface area contributed by atoms with Crippen LogP contribution in [0.15, 0.2) is 84.9 Å². The molecule has 33 heavy (non-hydrogen) atoms. The van der Waals surface area contributed by atoms with Crippen molar-refractivity contribution in [1.82, 2.24) is 10.2 Å². The maximum Gasteiger partial charge on any atom is 0.223 e. The summed E-state index contributed by atoms with van der Waals surface area (Å²) in [5.74, 6) is 0.571. The SMILES string of the molecule is CC(C)c1ccc(CN2C(=O)CCC2CC(=O)NC(c2ccccc2)c2ccccc2)cc1. The number of nitrogens with zero attached hydrogens (tertiary/aromatic N) is 1. The van der Waals surface area contributed by atoms with Crippen molar-refractivity contribution in [1.29, 1.82) is 0 Å². The topological polar surface area (TPSA) is 49.4 Å². The number of nitrogens with one attached hydrogen (secondary N) is 1. The molecule has 4 rings (SSSR count). The number of carbonyl (C=O) groups is 2. The number of rotatable bonds is 8. The number of likely N-dealkylation sites (tertiary alicyclic amines) is 1. The van der Waals surface area contributed by atoms with Crippen LogP contribution in [0.25, 0.3) is 0 Å². The number of carbonyl (C=O) groups excluding carboxylic acids is 2. The Morgan fingerprint density at radius 3 is 2.00 bits per heavy atom. The lowest BCUT2D eigenvalue weighted by atomic mass is 9.98. The minimum Gasteiger partial charge on any atom is -0.345 e. The van der Waals surface area contributed by atoms with Gasteiger partial charge in [0.2, 0.25) is 11.8 Å². The van der Waals surface area contributed by atoms with E-state index >= 15 is 0 Å². The van der Waals surface area contributed by atoms with Crippen molar-refractivity contribution in [3.05, 3.63) is 107 Å². The van der Waals surface area contributed by atoms with Gasteiger partial charge in [0.05, 0.1) is 6.04 Å². The second-order valence-corrected chi connectivity index (χ2v) is 9.14. The van der Waals surface area contributed by atoms with Gasteiger partial charge in [0.1, 0.15) is 0 Å². The van der Waals surface area contributed by atoms with Crippen LogP contribution in [0.5, 0.6) is 0 Å². The summed E-state index contributed by atoms with van der Waals surface area (Å²) in [5, 5.41) is 3.22. The van der Waals surface area contributed by atoms with Gasteiger partial charge in [0, 0.05) is 25.4 Å². The van der Waals surface area contributed by atoms with Crippen LogP contribution in [0, 0.1) is 0 Å². The molecular formula is C29H32N2O2. The van der Waals surface area contributed by atoms with Crippen molar-refractivity contribution in [3.63, 3.8) is 0 Å². The highest BCUT2D eigenvalue weighted by atomic mass is 16.2. The summed E-state index contributed by atoms with van der Waals surface area (Å²) in [6.45, 7) is 4.90. The Kier molecular flexibility index (Phi) is 7.23. The zero-order chi connectivity index (χ0) is 23.2. The van der Waals surface area contributed by atoms with Crippen molar-refractivity contribution < 1.29 is 9.59 Å². The Bertz CT molecular complexity index is 1020. The van der Waals surface area contributed by atoms with E-state index in [1.165, 1.54) is 5.56 Å². The quantitative estimate of drug-likeness (QED) is 0.496. The molecule has 1 aliphatic rings. The molecular weight excluding hydrogens is 408 g/mol. The minimum absolute atomic E-state index is 0.0347. The van der Waals surface area contributed by atoms with Crippen LogP contribution >= 0.6 is 0 Å². The Labute approximate surface area is 196 Å². The standard InChI is InChI=1S/C29H32N2O2/c1-21(2)23-15-13-22(14-16-23)20-31-26(17-18-28(31)33)19-27(32)30-29(24-9-5-3-6-10-24)25-11-7-4-8-12-25/h3-16,21,26,29H,17-20H2,1-2H3,(H,30,32). The first-order chi connectivity index (χ1) is 16.0. The first kappa shape index (κ1) is 22.8. The zero-order valence-electron chi connectivity index (χ0n) is 19.4. The highest BCUT2D eigenvalue weighted by Gasteiger charge is 2.33. The summed E-state index contributed by atoms with van der Waals surface area (Å²) in [7, 11) is 0. The maximum atomic E-state index is 13.1. The van der Waals surface area contributed by atoms with E-state index < -0.39 is 0 Å². The summed E-state index contributed by atoms with van der Waals surface area (Å²) >= 11 is 0. The predicted octanol–water partition coefficient (Wildman–Crippen LogP) is 5.60. The molecule has 1 fully saturated rings. The van der Waals surface area contributed by atoms with E-state index in [2.05, 4.69) is 43.4 Å². The van der Waals surface area contributed by atoms with E-state index in [0.29, 0.717) is 25.3 Å². The molecule has 1 heterocycles. The average molecular weight is 441 g/mol. The molecule has 4 nitrogen and oxygen atoms in total. The number of hydrogen-bond acceptors (Lipinski definition) is 2. The van der Waals surface area contributed by atoms with Gasteiger partial charge in [-0.15, -0.1) is 0 Å². The van der Waals surface area contributed by atoms with Gasteiger partial charge in [-0.1, -0.05) is 98.8 Å². The van der Waals surface area contributed by atoms with Crippen LogP contribution < -0.4 is 5.32 Å². The first-order valence-corrected chi connectivity index (χ1v) is 11.8. The lowest BCUT2D eigenvalue weighted by molar-refractivity contribution is -0.130. The molecule has 0 bridgehead atoms. The third-order valence-corrected chi connectivity index (χ3v) is 6.44. The second kappa shape index (κ2) is 10.5. The second-order valence-electron chi connectivity index (χ2n) is 9.14. The van der Waals surface area contributed by atoms with E-state index in [4.69, 9.17) is 0 Å². The molecule has 1 aliphatic heterocycles. The van der Waals surface area contributed by atoms with Gasteiger partial charge < -0.3 is 10.2 Å². The van der Waals surface area contributed by atoms with Crippen molar-refractivity contribution in [2.75, 3.05) is 0 Å². The van der Waals surface area contributed by atoms with Crippen LogP contribution in [0.2, 0.25) is 0 Å². The lowest BCUT2D eigenvalue weighted by Crippen LogP contribution is -2.38. The Balaban J connectivity index is 1.45. The van der Waals surface area contributed by atoms with Crippen LogP contribution in [0.4, 0.5) is 0 Å². The lowest BCUT2D eigenvalue weighted by Gasteiger charge is -2.26. The molecule has 1 N–H and O–H groups in total. The van der Waals surface area contributed by atoms with E-state index in [1.54, 1.807) is 0 Å². The molecule has 1 unspecified atom stereocenters. The monoisotopic (exact) mass is 440 g/mol. The average Bonchev–Trinajstić information content (AvgIpc) is 3.17. The number of benzene rings is 3. The normalized spacial score (nSPS) is 15.9. The van der Waals surface area contributed by atoms with Gasteiger partial charge in [-0.3, -0.25) is 9.59 Å². The molecule has 0 radical (unpaired) electrons. The van der Waals surface area contributed by atoms with Crippen molar-refractivity contribution in [2.24, 2.45) is 0 Å². The Morgan fingerprint density at radius 2 is 1.45 bits per heavy atom. The molecule has 0 aliphatic carbocycles. The maximum absolute atomic E-state index is 13.1. The van der Waals surface area contributed by atoms with Crippen LogP contribution in [0.1, 0.15) is 67.3 Å². The van der Waals surface area contributed by atoms with E-state index in [0.717, 1.165) is 23.1 Å². The number of amides is 2. The summed E-state index contributed by atoms with van der Waals surface area (Å²) in [4.78, 5) is 27.6. The van der Waals surface area contributed by atoms with E-state index in [9.17, 15) is 9.59 Å². The highest BCUT2D eigenvalue weighted by Crippen LogP contribution is 2.26. The molecule has 1 saturated heterocycles. The molecule has 0 saturated carbocycles. The molecule has 170 valence electrons. The molecule has 0 spiro atoms. The summed E-state index contributed by atoms with van der Waals surface area (Å²) in [5.41, 5.74) is 4.48. The molecule has 1 atom stereocenters. The predicted molar refractivity (Wildman–Crippen MR) is 132 cm³/mol. The van der Waals surface area contributed by atoms with Gasteiger partial charge in [-0.2, -0.15) is 0 Å². The molecule has 3 aromatic rings. The summed E-state index contributed by atoms with van der Waals surface area (Å²) in [6.07, 6.45) is 1.53. The van der Waals surface area contributed by atoms with Crippen LogP contribution in [-0.4, -0.2) is 22.8 Å². The fraction of sp³-hybridized carbons (Fsp3) is 0.310. The molecule has 4 heteroatoms. The van der Waals surface area contributed by atoms with Gasteiger partial charge in [0.15, 0.2) is 0 Å². The molecule has 0 aromatic heterocycles. The molecule has 2 amide bonds. The summed E-state index contributed by atoms with van der Waals surface area (Å²) in [6, 6.07) is 28.2. The third-order valence-electron chi connectivity index (χ3n) is 6.44. The van der Waals surface area contributed by atoms with Crippen molar-refractivity contribution in [3.8, 4) is 0 Å². The zero-order valence-corrected chi connectivity index (χ0v) is 19.4. The van der Waals surface area contributed by atoms with E-state index in [1.807, 2.05) is 65.6 Å². The highest BCUT2D eigenvalue weighted by molar-refractivity contribution is 5.82. The van der Waals surface area contributed by atoms with Gasteiger partial charge in [-0.25, -0.2) is 0 Å². The Morgan fingerprint density at radius 1 is 0.879 bits per heavy atom. The van der Waals surface area contributed by atoms with Crippen LogP contribution in [0.3, 0.4) is 0 Å². The van der Waals surface area contributed by atoms with E-state index in [-0.39, 0.29) is 23.9 Å².